The maximum absolute atomic E-state index is 12.1. The van der Waals surface area contributed by atoms with Crippen LogP contribution < -0.4 is 0 Å². The highest BCUT2D eigenvalue weighted by Gasteiger charge is 2.23. The minimum absolute atomic E-state index is 0.0638. The molecule has 1 aliphatic heterocycles. The maximum Gasteiger partial charge on any atom is 0.306 e. The predicted molar refractivity (Wildman–Crippen MR) is 90.1 cm³/mol. The standard InChI is InChI=1S/C17H24N2O3S/c1-2-22-17(21)7-6-16(20)19-11-8-14(9-12-19)13-23-15-5-3-4-10-18-15/h3-5,10,14H,2,6-9,11-13H2,1H3. The van der Waals surface area contributed by atoms with E-state index in [0.29, 0.717) is 12.5 Å². The van der Waals surface area contributed by atoms with Gasteiger partial charge in [0.2, 0.25) is 5.91 Å². The SMILES string of the molecule is CCOC(=O)CCC(=O)N1CCC(CSc2ccccn2)CC1. The van der Waals surface area contributed by atoms with Crippen molar-refractivity contribution >= 4 is 23.6 Å². The van der Waals surface area contributed by atoms with Crippen LogP contribution in [0.1, 0.15) is 32.6 Å². The average Bonchev–Trinajstić information content (AvgIpc) is 2.59. The van der Waals surface area contributed by atoms with Crippen LogP contribution in [0.25, 0.3) is 0 Å². The first-order valence-electron chi connectivity index (χ1n) is 8.16. The van der Waals surface area contributed by atoms with E-state index < -0.39 is 0 Å². The van der Waals surface area contributed by atoms with Gasteiger partial charge in [0.05, 0.1) is 18.1 Å². The van der Waals surface area contributed by atoms with E-state index in [1.165, 1.54) is 0 Å². The first kappa shape index (κ1) is 17.8. The summed E-state index contributed by atoms with van der Waals surface area (Å²) in [5.74, 6) is 1.44. The van der Waals surface area contributed by atoms with E-state index in [-0.39, 0.29) is 24.7 Å². The van der Waals surface area contributed by atoms with Gasteiger partial charge < -0.3 is 9.64 Å². The molecule has 126 valence electrons. The molecule has 0 bridgehead atoms. The number of rotatable bonds is 7. The Bertz CT molecular complexity index is 502. The monoisotopic (exact) mass is 336 g/mol. The summed E-state index contributed by atoms with van der Waals surface area (Å²) in [6.45, 7) is 3.71. The van der Waals surface area contributed by atoms with E-state index in [4.69, 9.17) is 4.74 Å². The molecule has 0 aromatic carbocycles. The number of likely N-dealkylation sites (tertiary alicyclic amines) is 1. The minimum Gasteiger partial charge on any atom is -0.466 e. The van der Waals surface area contributed by atoms with E-state index in [1.807, 2.05) is 29.3 Å². The molecule has 0 radical (unpaired) electrons. The van der Waals surface area contributed by atoms with Gasteiger partial charge >= 0.3 is 5.97 Å². The lowest BCUT2D eigenvalue weighted by Gasteiger charge is -2.31. The van der Waals surface area contributed by atoms with E-state index in [1.54, 1.807) is 18.7 Å². The van der Waals surface area contributed by atoms with Crippen molar-refractivity contribution in [2.24, 2.45) is 5.92 Å². The number of aromatic nitrogens is 1. The molecule has 5 nitrogen and oxygen atoms in total. The highest BCUT2D eigenvalue weighted by molar-refractivity contribution is 7.99. The zero-order valence-electron chi connectivity index (χ0n) is 13.6. The van der Waals surface area contributed by atoms with Crippen LogP contribution in [0.15, 0.2) is 29.4 Å². The smallest absolute Gasteiger partial charge is 0.306 e. The summed E-state index contributed by atoms with van der Waals surface area (Å²) in [5.41, 5.74) is 0. The number of carbonyl (C=O) groups is 2. The Balaban J connectivity index is 1.65. The number of hydrogen-bond acceptors (Lipinski definition) is 5. The van der Waals surface area contributed by atoms with Gasteiger partial charge in [-0.3, -0.25) is 9.59 Å². The molecule has 2 rings (SSSR count). The molecule has 1 aromatic rings. The molecule has 1 aliphatic rings. The molecule has 2 heterocycles. The van der Waals surface area contributed by atoms with E-state index >= 15 is 0 Å². The number of amides is 1. The molecule has 23 heavy (non-hydrogen) atoms. The lowest BCUT2D eigenvalue weighted by Crippen LogP contribution is -2.39. The first-order valence-corrected chi connectivity index (χ1v) is 9.14. The van der Waals surface area contributed by atoms with E-state index in [2.05, 4.69) is 4.98 Å². The number of nitrogens with zero attached hydrogens (tertiary/aromatic N) is 2. The normalized spacial score (nSPS) is 15.4. The average molecular weight is 336 g/mol. The molecule has 1 fully saturated rings. The van der Waals surface area contributed by atoms with Crippen molar-refractivity contribution in [2.75, 3.05) is 25.4 Å². The molecule has 0 N–H and O–H groups in total. The van der Waals surface area contributed by atoms with Crippen LogP contribution in [-0.2, 0) is 14.3 Å². The summed E-state index contributed by atoms with van der Waals surface area (Å²) in [6, 6.07) is 5.95. The minimum atomic E-state index is -0.289. The van der Waals surface area contributed by atoms with E-state index in [9.17, 15) is 9.59 Å². The Morgan fingerprint density at radius 3 is 2.74 bits per heavy atom. The van der Waals surface area contributed by atoms with Gasteiger partial charge in [-0.05, 0) is 37.8 Å². The molecule has 1 saturated heterocycles. The van der Waals surface area contributed by atoms with Crippen molar-refractivity contribution in [3.05, 3.63) is 24.4 Å². The zero-order valence-corrected chi connectivity index (χ0v) is 14.4. The highest BCUT2D eigenvalue weighted by atomic mass is 32.2. The number of thioether (sulfide) groups is 1. The first-order chi connectivity index (χ1) is 11.2. The van der Waals surface area contributed by atoms with Gasteiger partial charge in [0.15, 0.2) is 0 Å². The summed E-state index contributed by atoms with van der Waals surface area (Å²) in [6.07, 6.45) is 4.29. The number of hydrogen-bond donors (Lipinski definition) is 0. The van der Waals surface area contributed by atoms with Gasteiger partial charge in [-0.15, -0.1) is 11.8 Å². The fourth-order valence-electron chi connectivity index (χ4n) is 2.58. The Labute approximate surface area is 141 Å². The quantitative estimate of drug-likeness (QED) is 0.566. The summed E-state index contributed by atoms with van der Waals surface area (Å²) < 4.78 is 4.85. The van der Waals surface area contributed by atoms with Crippen molar-refractivity contribution in [1.29, 1.82) is 0 Å². The lowest BCUT2D eigenvalue weighted by molar-refractivity contribution is -0.146. The Morgan fingerprint density at radius 2 is 2.09 bits per heavy atom. The number of piperidine rings is 1. The zero-order chi connectivity index (χ0) is 16.5. The highest BCUT2D eigenvalue weighted by Crippen LogP contribution is 2.25. The third kappa shape index (κ3) is 6.22. The molecular formula is C17H24N2O3S. The molecule has 6 heteroatoms. The van der Waals surface area contributed by atoms with Crippen LogP contribution in [0.4, 0.5) is 0 Å². The largest absolute Gasteiger partial charge is 0.466 e. The van der Waals surface area contributed by atoms with Crippen LogP contribution in [0, 0.1) is 5.92 Å². The summed E-state index contributed by atoms with van der Waals surface area (Å²) in [7, 11) is 0. The van der Waals surface area contributed by atoms with Gasteiger partial charge in [0.25, 0.3) is 0 Å². The Kier molecular flexibility index (Phi) is 7.39. The van der Waals surface area contributed by atoms with Crippen LogP contribution in [0.3, 0.4) is 0 Å². The van der Waals surface area contributed by atoms with Gasteiger partial charge in [0, 0.05) is 31.5 Å². The summed E-state index contributed by atoms with van der Waals surface area (Å²) in [5, 5.41) is 1.06. The second-order valence-electron chi connectivity index (χ2n) is 5.61. The van der Waals surface area contributed by atoms with Crippen molar-refractivity contribution in [1.82, 2.24) is 9.88 Å². The van der Waals surface area contributed by atoms with Crippen LogP contribution >= 0.6 is 11.8 Å². The number of pyridine rings is 1. The van der Waals surface area contributed by atoms with Crippen molar-refractivity contribution in [3.8, 4) is 0 Å². The lowest BCUT2D eigenvalue weighted by atomic mass is 9.98. The fourth-order valence-corrected chi connectivity index (χ4v) is 3.63. The van der Waals surface area contributed by atoms with Crippen molar-refractivity contribution in [2.45, 2.75) is 37.6 Å². The molecular weight excluding hydrogens is 312 g/mol. The molecule has 0 spiro atoms. The molecule has 0 unspecified atom stereocenters. The van der Waals surface area contributed by atoms with Gasteiger partial charge in [-0.2, -0.15) is 0 Å². The topological polar surface area (TPSA) is 59.5 Å². The van der Waals surface area contributed by atoms with Crippen LogP contribution in [0.2, 0.25) is 0 Å². The Hall–Kier alpha value is -1.56. The predicted octanol–water partition coefficient (Wildman–Crippen LogP) is 2.76. The molecule has 0 atom stereocenters. The van der Waals surface area contributed by atoms with E-state index in [0.717, 1.165) is 36.7 Å². The second-order valence-corrected chi connectivity index (χ2v) is 6.65. The molecule has 0 aliphatic carbocycles. The molecule has 1 amide bonds. The van der Waals surface area contributed by atoms with Gasteiger partial charge in [-0.1, -0.05) is 6.07 Å². The summed E-state index contributed by atoms with van der Waals surface area (Å²) in [4.78, 5) is 29.6. The fraction of sp³-hybridized carbons (Fsp3) is 0.588. The van der Waals surface area contributed by atoms with Crippen molar-refractivity contribution in [3.63, 3.8) is 0 Å². The van der Waals surface area contributed by atoms with Crippen LogP contribution in [0.5, 0.6) is 0 Å². The third-order valence-electron chi connectivity index (χ3n) is 3.92. The molecule has 1 aromatic heterocycles. The Morgan fingerprint density at radius 1 is 1.30 bits per heavy atom. The number of ether oxygens (including phenoxy) is 1. The number of carbonyl (C=O) groups excluding carboxylic acids is 2. The third-order valence-corrected chi connectivity index (χ3v) is 5.10. The summed E-state index contributed by atoms with van der Waals surface area (Å²) >= 11 is 1.78. The second kappa shape index (κ2) is 9.55. The molecule has 0 saturated carbocycles. The number of esters is 1. The van der Waals surface area contributed by atoms with Crippen molar-refractivity contribution < 1.29 is 14.3 Å². The van der Waals surface area contributed by atoms with Crippen LogP contribution in [-0.4, -0.2) is 47.2 Å². The maximum atomic E-state index is 12.1. The van der Waals surface area contributed by atoms with Gasteiger partial charge in [0.1, 0.15) is 0 Å². The van der Waals surface area contributed by atoms with Gasteiger partial charge in [-0.25, -0.2) is 4.98 Å².